The summed E-state index contributed by atoms with van der Waals surface area (Å²) in [6.45, 7) is 2.59. The molecule has 1 aliphatic heterocycles. The smallest absolute Gasteiger partial charge is 0.247 e. The summed E-state index contributed by atoms with van der Waals surface area (Å²) >= 11 is 6.05. The molecule has 0 saturated heterocycles. The normalized spacial score (nSPS) is 16.1. The molecule has 1 atom stereocenters. The summed E-state index contributed by atoms with van der Waals surface area (Å²) in [4.78, 5) is 12.9. The molecule has 28 heavy (non-hydrogen) atoms. The highest BCUT2D eigenvalue weighted by Gasteiger charge is 2.32. The van der Waals surface area contributed by atoms with Crippen LogP contribution in [0.15, 0.2) is 84.0 Å². The van der Waals surface area contributed by atoms with Gasteiger partial charge in [-0.15, -0.1) is 0 Å². The summed E-state index contributed by atoms with van der Waals surface area (Å²) in [5.41, 5.74) is 5.23. The van der Waals surface area contributed by atoms with E-state index in [1.165, 1.54) is 5.56 Å². The summed E-state index contributed by atoms with van der Waals surface area (Å²) < 4.78 is 0. The Morgan fingerprint density at radius 1 is 1.00 bits per heavy atom. The molecule has 0 bridgehead atoms. The molecule has 0 aliphatic carbocycles. The van der Waals surface area contributed by atoms with E-state index in [0.29, 0.717) is 18.0 Å². The Hall–Kier alpha value is -2.91. The van der Waals surface area contributed by atoms with Crippen molar-refractivity contribution in [2.24, 2.45) is 5.10 Å². The Kier molecular flexibility index (Phi) is 5.27. The third-order valence-electron chi connectivity index (χ3n) is 5.02. The molecule has 0 aromatic heterocycles. The van der Waals surface area contributed by atoms with Crippen molar-refractivity contribution in [3.05, 3.63) is 106 Å². The van der Waals surface area contributed by atoms with E-state index in [1.54, 1.807) is 5.01 Å². The van der Waals surface area contributed by atoms with Crippen molar-refractivity contribution in [1.29, 1.82) is 0 Å². The molecular weight excluding hydrogens is 368 g/mol. The van der Waals surface area contributed by atoms with Crippen LogP contribution in [0.25, 0.3) is 0 Å². The molecule has 0 spiro atoms. The SMILES string of the molecule is Cc1ccc(CC(=O)N2CC(c3ccccc3)C(c3ccc(Cl)cc3)=N2)cc1. The maximum atomic E-state index is 12.9. The number of carbonyl (C=O) groups is 1. The summed E-state index contributed by atoms with van der Waals surface area (Å²) in [5, 5.41) is 7.02. The van der Waals surface area contributed by atoms with E-state index in [0.717, 1.165) is 22.4 Å². The highest BCUT2D eigenvalue weighted by molar-refractivity contribution is 6.30. The van der Waals surface area contributed by atoms with Gasteiger partial charge in [0, 0.05) is 10.9 Å². The lowest BCUT2D eigenvalue weighted by atomic mass is 9.90. The largest absolute Gasteiger partial charge is 0.273 e. The Morgan fingerprint density at radius 3 is 2.36 bits per heavy atom. The van der Waals surface area contributed by atoms with Crippen LogP contribution in [0.4, 0.5) is 0 Å². The van der Waals surface area contributed by atoms with E-state index < -0.39 is 0 Å². The number of hydrogen-bond donors (Lipinski definition) is 0. The molecule has 1 unspecified atom stereocenters. The number of benzene rings is 3. The molecule has 1 heterocycles. The van der Waals surface area contributed by atoms with E-state index in [4.69, 9.17) is 16.7 Å². The van der Waals surface area contributed by atoms with Crippen LogP contribution >= 0.6 is 11.6 Å². The summed E-state index contributed by atoms with van der Waals surface area (Å²) in [6.07, 6.45) is 0.346. The molecule has 0 saturated carbocycles. The van der Waals surface area contributed by atoms with Crippen LogP contribution in [0, 0.1) is 6.92 Å². The number of halogens is 1. The quantitative estimate of drug-likeness (QED) is 0.603. The zero-order chi connectivity index (χ0) is 19.5. The van der Waals surface area contributed by atoms with E-state index in [1.807, 2.05) is 73.7 Å². The van der Waals surface area contributed by atoms with Crippen LogP contribution in [0.3, 0.4) is 0 Å². The van der Waals surface area contributed by atoms with Gasteiger partial charge in [0.2, 0.25) is 5.91 Å². The number of rotatable bonds is 4. The number of hydrazone groups is 1. The van der Waals surface area contributed by atoms with E-state index in [-0.39, 0.29) is 11.8 Å². The molecule has 3 nitrogen and oxygen atoms in total. The molecular formula is C24H21ClN2O. The van der Waals surface area contributed by atoms with E-state index in [9.17, 15) is 4.79 Å². The van der Waals surface area contributed by atoms with Crippen molar-refractivity contribution in [3.8, 4) is 0 Å². The van der Waals surface area contributed by atoms with Gasteiger partial charge in [-0.3, -0.25) is 4.79 Å². The lowest BCUT2D eigenvalue weighted by molar-refractivity contribution is -0.130. The van der Waals surface area contributed by atoms with Crippen LogP contribution in [0.5, 0.6) is 0 Å². The Labute approximate surface area is 170 Å². The summed E-state index contributed by atoms with van der Waals surface area (Å²) in [7, 11) is 0. The second-order valence-electron chi connectivity index (χ2n) is 7.09. The van der Waals surface area contributed by atoms with Crippen molar-refractivity contribution in [2.75, 3.05) is 6.54 Å². The zero-order valence-corrected chi connectivity index (χ0v) is 16.4. The van der Waals surface area contributed by atoms with Crippen molar-refractivity contribution in [3.63, 3.8) is 0 Å². The number of hydrogen-bond acceptors (Lipinski definition) is 2. The molecule has 4 rings (SSSR count). The number of amides is 1. The van der Waals surface area contributed by atoms with Crippen molar-refractivity contribution >= 4 is 23.2 Å². The Bertz CT molecular complexity index is 995. The monoisotopic (exact) mass is 388 g/mol. The maximum Gasteiger partial charge on any atom is 0.247 e. The molecule has 4 heteroatoms. The van der Waals surface area contributed by atoms with Gasteiger partial charge in [0.05, 0.1) is 18.7 Å². The van der Waals surface area contributed by atoms with Gasteiger partial charge in [-0.05, 0) is 35.7 Å². The van der Waals surface area contributed by atoms with Crippen molar-refractivity contribution in [1.82, 2.24) is 5.01 Å². The van der Waals surface area contributed by atoms with Gasteiger partial charge in [0.25, 0.3) is 0 Å². The Balaban J connectivity index is 1.62. The standard InChI is InChI=1S/C24H21ClN2O/c1-17-7-9-18(10-8-17)15-23(28)27-16-22(19-5-3-2-4-6-19)24(26-27)20-11-13-21(25)14-12-20/h2-14,22H,15-16H2,1H3. The van der Waals surface area contributed by atoms with Gasteiger partial charge in [-0.2, -0.15) is 5.10 Å². The third kappa shape index (κ3) is 4.00. The lowest BCUT2D eigenvalue weighted by Crippen LogP contribution is -2.27. The van der Waals surface area contributed by atoms with Gasteiger partial charge in [-0.25, -0.2) is 5.01 Å². The molecule has 140 valence electrons. The van der Waals surface area contributed by atoms with Crippen LogP contribution in [0.1, 0.15) is 28.2 Å². The predicted molar refractivity (Wildman–Crippen MR) is 114 cm³/mol. The fourth-order valence-corrected chi connectivity index (χ4v) is 3.58. The highest BCUT2D eigenvalue weighted by Crippen LogP contribution is 2.29. The fraction of sp³-hybridized carbons (Fsp3) is 0.167. The average molecular weight is 389 g/mol. The molecule has 0 fully saturated rings. The topological polar surface area (TPSA) is 32.7 Å². The lowest BCUT2D eigenvalue weighted by Gasteiger charge is -2.15. The molecule has 0 radical (unpaired) electrons. The van der Waals surface area contributed by atoms with Crippen LogP contribution in [-0.2, 0) is 11.2 Å². The summed E-state index contributed by atoms with van der Waals surface area (Å²) in [5.74, 6) is 0.0538. The van der Waals surface area contributed by atoms with Gasteiger partial charge in [0.15, 0.2) is 0 Å². The summed E-state index contributed by atoms with van der Waals surface area (Å²) in [6, 6.07) is 25.9. The molecule has 3 aromatic carbocycles. The molecule has 1 aliphatic rings. The number of carbonyl (C=O) groups excluding carboxylic acids is 1. The average Bonchev–Trinajstić information content (AvgIpc) is 3.16. The molecule has 3 aromatic rings. The van der Waals surface area contributed by atoms with Crippen LogP contribution < -0.4 is 0 Å². The van der Waals surface area contributed by atoms with Crippen LogP contribution in [0.2, 0.25) is 5.02 Å². The second-order valence-corrected chi connectivity index (χ2v) is 7.53. The first-order valence-electron chi connectivity index (χ1n) is 9.35. The van der Waals surface area contributed by atoms with E-state index in [2.05, 4.69) is 12.1 Å². The van der Waals surface area contributed by atoms with Crippen LogP contribution in [-0.4, -0.2) is 23.2 Å². The third-order valence-corrected chi connectivity index (χ3v) is 5.27. The van der Waals surface area contributed by atoms with Crippen molar-refractivity contribution in [2.45, 2.75) is 19.3 Å². The van der Waals surface area contributed by atoms with Crippen molar-refractivity contribution < 1.29 is 4.79 Å². The second kappa shape index (κ2) is 7.99. The maximum absolute atomic E-state index is 12.9. The highest BCUT2D eigenvalue weighted by atomic mass is 35.5. The number of aryl methyl sites for hydroxylation is 1. The predicted octanol–water partition coefficient (Wildman–Crippen LogP) is 5.22. The Morgan fingerprint density at radius 2 is 1.68 bits per heavy atom. The van der Waals surface area contributed by atoms with E-state index >= 15 is 0 Å². The first kappa shape index (κ1) is 18.5. The minimum atomic E-state index is 0.00810. The van der Waals surface area contributed by atoms with Gasteiger partial charge in [0.1, 0.15) is 0 Å². The minimum absolute atomic E-state index is 0.00810. The molecule has 1 amide bonds. The zero-order valence-electron chi connectivity index (χ0n) is 15.7. The number of nitrogens with zero attached hydrogens (tertiary/aromatic N) is 2. The first-order chi connectivity index (χ1) is 13.6. The fourth-order valence-electron chi connectivity index (χ4n) is 3.46. The van der Waals surface area contributed by atoms with Gasteiger partial charge in [-0.1, -0.05) is 83.9 Å². The minimum Gasteiger partial charge on any atom is -0.273 e. The van der Waals surface area contributed by atoms with Gasteiger partial charge < -0.3 is 0 Å². The molecule has 0 N–H and O–H groups in total. The van der Waals surface area contributed by atoms with Gasteiger partial charge >= 0.3 is 0 Å². The first-order valence-corrected chi connectivity index (χ1v) is 9.73.